The first-order valence-electron chi connectivity index (χ1n) is 9.97. The van der Waals surface area contributed by atoms with Gasteiger partial charge in [0, 0.05) is 0 Å². The number of fused-ring (bicyclic) bond motifs is 1. The average Bonchev–Trinajstić information content (AvgIpc) is 2.74. The van der Waals surface area contributed by atoms with Gasteiger partial charge in [-0.05, 0) is 55.8 Å². The lowest BCUT2D eigenvalue weighted by Gasteiger charge is -2.23. The number of anilines is 1. The molecule has 0 unspecified atom stereocenters. The van der Waals surface area contributed by atoms with Gasteiger partial charge in [-0.15, -0.1) is 0 Å². The van der Waals surface area contributed by atoms with Gasteiger partial charge in [-0.1, -0.05) is 41.9 Å². The minimum Gasteiger partial charge on any atom is -0.491 e. The van der Waals surface area contributed by atoms with Crippen molar-refractivity contribution in [1.82, 2.24) is 4.72 Å². The average molecular weight is 472 g/mol. The van der Waals surface area contributed by atoms with E-state index >= 15 is 0 Å². The Morgan fingerprint density at radius 3 is 2.41 bits per heavy atom. The number of benzene rings is 3. The Morgan fingerprint density at radius 1 is 0.969 bits per heavy atom. The molecule has 1 aliphatic heterocycles. The molecule has 3 aromatic carbocycles. The molecule has 0 amide bonds. The summed E-state index contributed by atoms with van der Waals surface area (Å²) in [4.78, 5) is 4.46. The Kier molecular flexibility index (Phi) is 6.25. The molecule has 0 atom stereocenters. The summed E-state index contributed by atoms with van der Waals surface area (Å²) in [6.45, 7) is 4.19. The smallest absolute Gasteiger partial charge is 0.266 e. The molecule has 0 fully saturated rings. The molecule has 0 saturated heterocycles. The Morgan fingerprint density at radius 2 is 1.69 bits per heavy atom. The minimum atomic E-state index is -3.82. The first-order chi connectivity index (χ1) is 15.3. The Labute approximate surface area is 192 Å². The first kappa shape index (κ1) is 22.0. The van der Waals surface area contributed by atoms with E-state index in [9.17, 15) is 8.42 Å². The van der Waals surface area contributed by atoms with Gasteiger partial charge >= 0.3 is 0 Å². The standard InChI is InChI=1S/C23H22ClN3O4S/c1-15(2)30-17-12-10-16(11-13-17)14-25-23-26-22-20(31-19-7-4-3-6-18(19)24)8-5-9-21(22)32(28,29)27-23/h3-13,15H,14H2,1-2H3,(H2,25,26,27). The Bertz CT molecular complexity index is 1260. The van der Waals surface area contributed by atoms with Crippen LogP contribution in [0.25, 0.3) is 0 Å². The van der Waals surface area contributed by atoms with Crippen LogP contribution in [0.3, 0.4) is 0 Å². The van der Waals surface area contributed by atoms with Crippen molar-refractivity contribution in [1.29, 1.82) is 0 Å². The van der Waals surface area contributed by atoms with Gasteiger partial charge in [0.15, 0.2) is 5.75 Å². The van der Waals surface area contributed by atoms with Crippen LogP contribution in [0.2, 0.25) is 5.02 Å². The minimum absolute atomic E-state index is 0.0659. The van der Waals surface area contributed by atoms with E-state index in [0.29, 0.717) is 22.2 Å². The van der Waals surface area contributed by atoms with Crippen molar-refractivity contribution in [3.05, 3.63) is 77.3 Å². The zero-order valence-corrected chi connectivity index (χ0v) is 19.1. The number of halogens is 1. The number of hydrogen-bond acceptors (Lipinski definition) is 5. The highest BCUT2D eigenvalue weighted by molar-refractivity contribution is 7.90. The molecule has 0 aliphatic carbocycles. The summed E-state index contributed by atoms with van der Waals surface area (Å²) in [6.07, 6.45) is 0.0872. The summed E-state index contributed by atoms with van der Waals surface area (Å²) in [5.74, 6) is 1.62. The van der Waals surface area contributed by atoms with Crippen LogP contribution in [0.4, 0.5) is 5.69 Å². The number of nitrogens with one attached hydrogen (secondary N) is 2. The largest absolute Gasteiger partial charge is 0.491 e. The number of sulfonamides is 1. The van der Waals surface area contributed by atoms with Gasteiger partial charge < -0.3 is 14.8 Å². The normalized spacial score (nSPS) is 15.6. The van der Waals surface area contributed by atoms with E-state index in [-0.39, 0.29) is 23.5 Å². The van der Waals surface area contributed by atoms with Gasteiger partial charge in [0.1, 0.15) is 22.1 Å². The number of rotatable bonds is 6. The van der Waals surface area contributed by atoms with E-state index in [1.54, 1.807) is 36.4 Å². The molecule has 166 valence electrons. The van der Waals surface area contributed by atoms with Crippen molar-refractivity contribution in [3.63, 3.8) is 0 Å². The number of nitrogens with zero attached hydrogens (tertiary/aromatic N) is 1. The molecule has 0 aromatic heterocycles. The van der Waals surface area contributed by atoms with Crippen LogP contribution in [0.15, 0.2) is 76.6 Å². The first-order valence-corrected chi connectivity index (χ1v) is 11.8. The molecule has 3 aromatic rings. The Balaban J connectivity index is 1.58. The highest BCUT2D eigenvalue weighted by atomic mass is 35.5. The predicted molar refractivity (Wildman–Crippen MR) is 125 cm³/mol. The van der Waals surface area contributed by atoms with Crippen molar-refractivity contribution in [2.75, 3.05) is 5.32 Å². The highest BCUT2D eigenvalue weighted by Crippen LogP contribution is 2.38. The van der Waals surface area contributed by atoms with Gasteiger partial charge in [0.2, 0.25) is 5.96 Å². The summed E-state index contributed by atoms with van der Waals surface area (Å²) < 4.78 is 39.6. The molecular formula is C23H22ClN3O4S. The molecule has 2 N–H and O–H groups in total. The number of ether oxygens (including phenoxy) is 2. The summed E-state index contributed by atoms with van der Waals surface area (Å²) in [6, 6.07) is 19.2. The zero-order valence-electron chi connectivity index (χ0n) is 17.5. The van der Waals surface area contributed by atoms with Gasteiger partial charge in [0.05, 0.1) is 17.7 Å². The second-order valence-corrected chi connectivity index (χ2v) is 9.43. The summed E-state index contributed by atoms with van der Waals surface area (Å²) in [5, 5.41) is 3.45. The molecule has 4 rings (SSSR count). The van der Waals surface area contributed by atoms with Crippen LogP contribution < -0.4 is 19.5 Å². The maximum Gasteiger partial charge on any atom is 0.266 e. The third kappa shape index (κ3) is 4.98. The van der Waals surface area contributed by atoms with Crippen LogP contribution in [0.5, 0.6) is 17.2 Å². The highest BCUT2D eigenvalue weighted by Gasteiger charge is 2.29. The predicted octanol–water partition coefficient (Wildman–Crippen LogP) is 5.18. The Hall–Kier alpha value is -3.23. The van der Waals surface area contributed by atoms with E-state index < -0.39 is 10.0 Å². The topological polar surface area (TPSA) is 89.0 Å². The second kappa shape index (κ2) is 9.10. The van der Waals surface area contributed by atoms with Crippen molar-refractivity contribution in [2.45, 2.75) is 31.4 Å². The maximum atomic E-state index is 12.8. The van der Waals surface area contributed by atoms with E-state index in [0.717, 1.165) is 11.3 Å². The summed E-state index contributed by atoms with van der Waals surface area (Å²) in [7, 11) is -3.82. The van der Waals surface area contributed by atoms with E-state index in [4.69, 9.17) is 21.1 Å². The lowest BCUT2D eigenvalue weighted by atomic mass is 10.2. The fraction of sp³-hybridized carbons (Fsp3) is 0.174. The fourth-order valence-corrected chi connectivity index (χ4v) is 4.44. The lowest BCUT2D eigenvalue weighted by Crippen LogP contribution is -2.40. The van der Waals surface area contributed by atoms with Crippen LogP contribution in [0.1, 0.15) is 19.4 Å². The third-order valence-corrected chi connectivity index (χ3v) is 6.22. The molecule has 0 radical (unpaired) electrons. The summed E-state index contributed by atoms with van der Waals surface area (Å²) in [5.41, 5.74) is 1.20. The number of para-hydroxylation sites is 2. The lowest BCUT2D eigenvalue weighted by molar-refractivity contribution is 0.242. The van der Waals surface area contributed by atoms with Gasteiger partial charge in [-0.2, -0.15) is 0 Å². The number of aliphatic imine (C=N–C) groups is 1. The van der Waals surface area contributed by atoms with E-state index in [2.05, 4.69) is 15.0 Å². The van der Waals surface area contributed by atoms with Crippen LogP contribution in [0, 0.1) is 0 Å². The van der Waals surface area contributed by atoms with E-state index in [1.807, 2.05) is 38.1 Å². The maximum absolute atomic E-state index is 12.8. The van der Waals surface area contributed by atoms with Crippen LogP contribution >= 0.6 is 11.6 Å². The number of hydrogen-bond donors (Lipinski definition) is 2. The fourth-order valence-electron chi connectivity index (χ4n) is 3.10. The molecule has 0 spiro atoms. The van der Waals surface area contributed by atoms with E-state index in [1.165, 1.54) is 6.07 Å². The molecule has 1 heterocycles. The third-order valence-electron chi connectivity index (χ3n) is 4.52. The van der Waals surface area contributed by atoms with Crippen molar-refractivity contribution in [3.8, 4) is 17.2 Å². The number of guanidine groups is 1. The molecule has 1 aliphatic rings. The quantitative estimate of drug-likeness (QED) is 0.517. The van der Waals surface area contributed by atoms with Crippen molar-refractivity contribution >= 4 is 33.3 Å². The van der Waals surface area contributed by atoms with Crippen molar-refractivity contribution in [2.24, 2.45) is 4.99 Å². The van der Waals surface area contributed by atoms with Gasteiger partial charge in [0.25, 0.3) is 10.0 Å². The van der Waals surface area contributed by atoms with Crippen LogP contribution in [-0.4, -0.2) is 20.5 Å². The molecule has 32 heavy (non-hydrogen) atoms. The molecule has 0 saturated carbocycles. The monoisotopic (exact) mass is 471 g/mol. The van der Waals surface area contributed by atoms with Gasteiger partial charge in [-0.25, -0.2) is 18.1 Å². The zero-order chi connectivity index (χ0) is 22.7. The van der Waals surface area contributed by atoms with Crippen LogP contribution in [-0.2, 0) is 16.6 Å². The van der Waals surface area contributed by atoms with Gasteiger partial charge in [-0.3, -0.25) is 0 Å². The summed E-state index contributed by atoms with van der Waals surface area (Å²) >= 11 is 6.19. The molecular weight excluding hydrogens is 450 g/mol. The molecule has 7 nitrogen and oxygen atoms in total. The van der Waals surface area contributed by atoms with Crippen molar-refractivity contribution < 1.29 is 17.9 Å². The molecule has 9 heteroatoms. The second-order valence-electron chi connectivity index (χ2n) is 7.37. The molecule has 0 bridgehead atoms. The SMILES string of the molecule is CC(C)Oc1ccc(CN=C2Nc3c(Oc4ccccc4Cl)cccc3S(=O)(=O)N2)cc1.